The molecule has 2 aliphatic rings. The van der Waals surface area contributed by atoms with E-state index in [4.69, 9.17) is 5.73 Å². The Balaban J connectivity index is 1.95. The highest BCUT2D eigenvalue weighted by molar-refractivity contribution is 7.91. The summed E-state index contributed by atoms with van der Waals surface area (Å²) in [6.45, 7) is 2.47. The minimum absolute atomic E-state index is 0.241. The molecule has 0 aromatic rings. The monoisotopic (exact) mass is 230 g/mol. The van der Waals surface area contributed by atoms with Crippen molar-refractivity contribution >= 4 is 9.84 Å². The third-order valence-electron chi connectivity index (χ3n) is 3.32. The minimum Gasteiger partial charge on any atom is -0.327 e. The van der Waals surface area contributed by atoms with Crippen LogP contribution >= 0.6 is 0 Å². The van der Waals surface area contributed by atoms with Gasteiger partial charge in [0.1, 0.15) is 0 Å². The molecule has 1 atom stereocenters. The maximum absolute atomic E-state index is 11.3. The molecule has 0 amide bonds. The molecule has 15 heavy (non-hydrogen) atoms. The van der Waals surface area contributed by atoms with E-state index in [2.05, 4.69) is 11.0 Å². The summed E-state index contributed by atoms with van der Waals surface area (Å²) in [5.41, 5.74) is 6.86. The average Bonchev–Trinajstić information content (AvgIpc) is 2.59. The standard InChI is InChI=1S/C10H18N2O2S/c11-7-9-1-4-12(5-2-9)10-3-6-15(13,14)8-10/h1,10H,2-8,11H2. The fraction of sp³-hybridized carbons (Fsp3) is 0.800. The Hall–Kier alpha value is -0.390. The lowest BCUT2D eigenvalue weighted by Gasteiger charge is -2.30. The zero-order valence-corrected chi connectivity index (χ0v) is 9.67. The number of nitrogens with two attached hydrogens (primary N) is 1. The van der Waals surface area contributed by atoms with Gasteiger partial charge < -0.3 is 5.73 Å². The molecule has 0 aliphatic carbocycles. The largest absolute Gasteiger partial charge is 0.327 e. The van der Waals surface area contributed by atoms with Crippen molar-refractivity contribution in [1.29, 1.82) is 0 Å². The van der Waals surface area contributed by atoms with Crippen molar-refractivity contribution in [2.24, 2.45) is 5.73 Å². The van der Waals surface area contributed by atoms with Crippen molar-refractivity contribution in [3.8, 4) is 0 Å². The summed E-state index contributed by atoms with van der Waals surface area (Å²) in [7, 11) is -2.75. The summed E-state index contributed by atoms with van der Waals surface area (Å²) >= 11 is 0. The van der Waals surface area contributed by atoms with Crippen molar-refractivity contribution in [2.45, 2.75) is 18.9 Å². The molecule has 1 unspecified atom stereocenters. The van der Waals surface area contributed by atoms with Crippen LogP contribution in [0.1, 0.15) is 12.8 Å². The highest BCUT2D eigenvalue weighted by atomic mass is 32.2. The zero-order valence-electron chi connectivity index (χ0n) is 8.85. The normalized spacial score (nSPS) is 31.5. The fourth-order valence-corrected chi connectivity index (χ4v) is 4.07. The maximum atomic E-state index is 11.3. The smallest absolute Gasteiger partial charge is 0.151 e. The number of sulfone groups is 1. The zero-order chi connectivity index (χ0) is 10.9. The van der Waals surface area contributed by atoms with Crippen molar-refractivity contribution < 1.29 is 8.42 Å². The molecular formula is C10H18N2O2S. The van der Waals surface area contributed by atoms with Gasteiger partial charge in [-0.05, 0) is 12.8 Å². The summed E-state index contributed by atoms with van der Waals surface area (Å²) in [5, 5.41) is 0. The summed E-state index contributed by atoms with van der Waals surface area (Å²) in [6, 6.07) is 0.241. The molecule has 0 bridgehead atoms. The fourth-order valence-electron chi connectivity index (χ4n) is 2.31. The van der Waals surface area contributed by atoms with Gasteiger partial charge in [0.05, 0.1) is 11.5 Å². The van der Waals surface area contributed by atoms with Crippen LogP contribution in [0.25, 0.3) is 0 Å². The predicted octanol–water partition coefficient (Wildman–Crippen LogP) is -0.236. The molecule has 2 N–H and O–H groups in total. The van der Waals surface area contributed by atoms with Crippen molar-refractivity contribution in [3.63, 3.8) is 0 Å². The highest BCUT2D eigenvalue weighted by Gasteiger charge is 2.32. The molecule has 0 spiro atoms. The van der Waals surface area contributed by atoms with Gasteiger partial charge in [-0.2, -0.15) is 0 Å². The van der Waals surface area contributed by atoms with Crippen LogP contribution in [0.5, 0.6) is 0 Å². The van der Waals surface area contributed by atoms with Gasteiger partial charge >= 0.3 is 0 Å². The second-order valence-corrected chi connectivity index (χ2v) is 6.60. The second-order valence-electron chi connectivity index (χ2n) is 4.37. The first-order valence-corrected chi connectivity index (χ1v) is 7.25. The van der Waals surface area contributed by atoms with E-state index >= 15 is 0 Å². The lowest BCUT2D eigenvalue weighted by Crippen LogP contribution is -2.39. The minimum atomic E-state index is -2.75. The third-order valence-corrected chi connectivity index (χ3v) is 5.07. The first kappa shape index (κ1) is 11.1. The molecule has 0 radical (unpaired) electrons. The van der Waals surface area contributed by atoms with Gasteiger partial charge in [-0.15, -0.1) is 0 Å². The lowest BCUT2D eigenvalue weighted by molar-refractivity contribution is 0.228. The molecule has 2 heterocycles. The lowest BCUT2D eigenvalue weighted by atomic mass is 10.1. The van der Waals surface area contributed by atoms with Crippen molar-refractivity contribution in [1.82, 2.24) is 4.90 Å². The molecule has 2 rings (SSSR count). The van der Waals surface area contributed by atoms with Crippen LogP contribution in [0.2, 0.25) is 0 Å². The van der Waals surface area contributed by atoms with E-state index < -0.39 is 9.84 Å². The molecule has 1 fully saturated rings. The summed E-state index contributed by atoms with van der Waals surface area (Å²) in [4.78, 5) is 2.27. The summed E-state index contributed by atoms with van der Waals surface area (Å²) in [5.74, 6) is 0.709. The van der Waals surface area contributed by atoms with Crippen LogP contribution in [0.15, 0.2) is 11.6 Å². The van der Waals surface area contributed by atoms with Crippen LogP contribution in [-0.2, 0) is 9.84 Å². The third kappa shape index (κ3) is 2.59. The van der Waals surface area contributed by atoms with Gasteiger partial charge in [0.25, 0.3) is 0 Å². The molecule has 0 saturated carbocycles. The number of hydrogen-bond acceptors (Lipinski definition) is 4. The van der Waals surface area contributed by atoms with Crippen molar-refractivity contribution in [3.05, 3.63) is 11.6 Å². The molecule has 86 valence electrons. The highest BCUT2D eigenvalue weighted by Crippen LogP contribution is 2.21. The van der Waals surface area contributed by atoms with Crippen molar-refractivity contribution in [2.75, 3.05) is 31.1 Å². The van der Waals surface area contributed by atoms with Crippen LogP contribution in [-0.4, -0.2) is 50.5 Å². The Kier molecular flexibility index (Phi) is 3.13. The van der Waals surface area contributed by atoms with Crippen LogP contribution < -0.4 is 5.73 Å². The molecule has 1 saturated heterocycles. The number of rotatable bonds is 2. The van der Waals surface area contributed by atoms with Crippen LogP contribution in [0.3, 0.4) is 0 Å². The van der Waals surface area contributed by atoms with E-state index in [0.717, 1.165) is 25.9 Å². The number of nitrogens with zero attached hydrogens (tertiary/aromatic N) is 1. The van der Waals surface area contributed by atoms with E-state index in [9.17, 15) is 8.42 Å². The van der Waals surface area contributed by atoms with Gasteiger partial charge in [-0.3, -0.25) is 4.90 Å². The average molecular weight is 230 g/mol. The summed E-state index contributed by atoms with van der Waals surface area (Å²) < 4.78 is 22.7. The molecule has 0 aromatic carbocycles. The van der Waals surface area contributed by atoms with E-state index in [-0.39, 0.29) is 6.04 Å². The quantitative estimate of drug-likeness (QED) is 0.665. The van der Waals surface area contributed by atoms with Crippen LogP contribution in [0, 0.1) is 0 Å². The van der Waals surface area contributed by atoms with Gasteiger partial charge in [-0.1, -0.05) is 11.6 Å². The summed E-state index contributed by atoms with van der Waals surface area (Å²) in [6.07, 6.45) is 3.94. The molecule has 5 heteroatoms. The Morgan fingerprint density at radius 3 is 2.80 bits per heavy atom. The first-order chi connectivity index (χ1) is 7.11. The first-order valence-electron chi connectivity index (χ1n) is 5.43. The molecular weight excluding hydrogens is 212 g/mol. The van der Waals surface area contributed by atoms with Gasteiger partial charge in [0.15, 0.2) is 9.84 Å². The second kappa shape index (κ2) is 4.23. The van der Waals surface area contributed by atoms with Gasteiger partial charge in [0, 0.05) is 25.7 Å². The Morgan fingerprint density at radius 1 is 1.53 bits per heavy atom. The van der Waals surface area contributed by atoms with Crippen LogP contribution in [0.4, 0.5) is 0 Å². The molecule has 2 aliphatic heterocycles. The Labute approximate surface area is 91.0 Å². The van der Waals surface area contributed by atoms with E-state index in [1.807, 2.05) is 0 Å². The Bertz CT molecular complexity index is 362. The predicted molar refractivity (Wildman–Crippen MR) is 60.4 cm³/mol. The van der Waals surface area contributed by atoms with Gasteiger partial charge in [-0.25, -0.2) is 8.42 Å². The molecule has 4 nitrogen and oxygen atoms in total. The van der Waals surface area contributed by atoms with Gasteiger partial charge in [0.2, 0.25) is 0 Å². The maximum Gasteiger partial charge on any atom is 0.151 e. The molecule has 0 aromatic heterocycles. The Morgan fingerprint density at radius 2 is 2.33 bits per heavy atom. The number of hydrogen-bond donors (Lipinski definition) is 1. The van der Waals surface area contributed by atoms with E-state index in [1.165, 1.54) is 5.57 Å². The SMILES string of the molecule is NCC1=CCN(C2CCS(=O)(=O)C2)CC1. The van der Waals surface area contributed by atoms with E-state index in [0.29, 0.717) is 18.1 Å². The topological polar surface area (TPSA) is 63.4 Å². The van der Waals surface area contributed by atoms with E-state index in [1.54, 1.807) is 0 Å².